The van der Waals surface area contributed by atoms with Crippen LogP contribution in [0.4, 0.5) is 0 Å². The van der Waals surface area contributed by atoms with Gasteiger partial charge in [0.1, 0.15) is 0 Å². The summed E-state index contributed by atoms with van der Waals surface area (Å²) in [5.74, 6) is -1.01. The van der Waals surface area contributed by atoms with Crippen LogP contribution in [0.25, 0.3) is 10.9 Å². The number of carboxylic acid groups (broad SMARTS) is 1. The fourth-order valence-electron chi connectivity index (χ4n) is 2.91. The van der Waals surface area contributed by atoms with Crippen LogP contribution in [0.3, 0.4) is 0 Å². The van der Waals surface area contributed by atoms with Crippen LogP contribution in [0.15, 0.2) is 36.4 Å². The smallest absolute Gasteiger partial charge is 0.307 e. The molecule has 0 unspecified atom stereocenters. The van der Waals surface area contributed by atoms with Gasteiger partial charge in [-0.3, -0.25) is 9.78 Å². The molecule has 3 heteroatoms. The van der Waals surface area contributed by atoms with E-state index in [0.29, 0.717) is 0 Å². The molecule has 2 aromatic rings. The Balaban J connectivity index is 2.04. The number of carbonyl (C=O) groups is 1. The van der Waals surface area contributed by atoms with Crippen molar-refractivity contribution in [1.82, 2.24) is 4.98 Å². The normalized spacial score (nSPS) is 25.0. The van der Waals surface area contributed by atoms with Crippen molar-refractivity contribution in [3.8, 4) is 0 Å². The number of rotatable bonds is 2. The zero-order chi connectivity index (χ0) is 12.9. The Hall–Kier alpha value is -1.90. The highest BCUT2D eigenvalue weighted by atomic mass is 16.4. The average Bonchev–Trinajstić information content (AvgIpc) is 2.92. The second-order valence-corrected chi connectivity index (χ2v) is 5.54. The highest BCUT2D eigenvalue weighted by molar-refractivity contribution is 5.80. The standard InChI is InChI=1S/C15H15NO2/c1-15(2)12(13(15)14(17)18)11-8-7-9-5-3-4-6-10(9)16-11/h3-8,12-13H,1-2H3,(H,17,18)/t12-,13+/m1/s1. The minimum atomic E-state index is -0.722. The van der Waals surface area contributed by atoms with Crippen LogP contribution in [-0.4, -0.2) is 16.1 Å². The van der Waals surface area contributed by atoms with Crippen molar-refractivity contribution in [2.24, 2.45) is 11.3 Å². The van der Waals surface area contributed by atoms with Gasteiger partial charge in [0.25, 0.3) is 0 Å². The molecule has 0 radical (unpaired) electrons. The third kappa shape index (κ3) is 1.50. The lowest BCUT2D eigenvalue weighted by Gasteiger charge is -2.03. The van der Waals surface area contributed by atoms with Gasteiger partial charge in [-0.2, -0.15) is 0 Å². The summed E-state index contributed by atoms with van der Waals surface area (Å²) in [4.78, 5) is 15.8. The van der Waals surface area contributed by atoms with E-state index < -0.39 is 5.97 Å². The number of aliphatic carboxylic acids is 1. The zero-order valence-electron chi connectivity index (χ0n) is 10.4. The van der Waals surface area contributed by atoms with E-state index in [1.807, 2.05) is 50.2 Å². The van der Waals surface area contributed by atoms with Crippen LogP contribution in [0.5, 0.6) is 0 Å². The first-order valence-electron chi connectivity index (χ1n) is 6.10. The summed E-state index contributed by atoms with van der Waals surface area (Å²) in [6.45, 7) is 3.99. The fraction of sp³-hybridized carbons (Fsp3) is 0.333. The second-order valence-electron chi connectivity index (χ2n) is 5.54. The summed E-state index contributed by atoms with van der Waals surface area (Å²) in [5, 5.41) is 10.3. The first-order chi connectivity index (χ1) is 8.51. The Kier molecular flexibility index (Phi) is 2.21. The molecule has 0 aliphatic heterocycles. The summed E-state index contributed by atoms with van der Waals surface area (Å²) in [7, 11) is 0. The van der Waals surface area contributed by atoms with E-state index in [1.165, 1.54) is 0 Å². The molecule has 1 fully saturated rings. The average molecular weight is 241 g/mol. The van der Waals surface area contributed by atoms with Gasteiger partial charge in [-0.05, 0) is 17.5 Å². The molecule has 0 amide bonds. The van der Waals surface area contributed by atoms with Crippen LogP contribution in [0.2, 0.25) is 0 Å². The molecule has 1 aliphatic carbocycles. The maximum absolute atomic E-state index is 11.2. The van der Waals surface area contributed by atoms with E-state index in [4.69, 9.17) is 0 Å². The third-order valence-corrected chi connectivity index (χ3v) is 4.03. The van der Waals surface area contributed by atoms with Crippen LogP contribution < -0.4 is 0 Å². The number of pyridine rings is 1. The molecular weight excluding hydrogens is 226 g/mol. The Morgan fingerprint density at radius 3 is 2.61 bits per heavy atom. The van der Waals surface area contributed by atoms with E-state index in [-0.39, 0.29) is 17.3 Å². The van der Waals surface area contributed by atoms with Crippen LogP contribution >= 0.6 is 0 Å². The van der Waals surface area contributed by atoms with E-state index in [2.05, 4.69) is 4.98 Å². The molecule has 0 spiro atoms. The summed E-state index contributed by atoms with van der Waals surface area (Å²) >= 11 is 0. The van der Waals surface area contributed by atoms with Gasteiger partial charge in [0, 0.05) is 17.0 Å². The van der Waals surface area contributed by atoms with Crippen molar-refractivity contribution < 1.29 is 9.90 Å². The topological polar surface area (TPSA) is 50.2 Å². The van der Waals surface area contributed by atoms with Crippen LogP contribution in [-0.2, 0) is 4.79 Å². The first-order valence-corrected chi connectivity index (χ1v) is 6.10. The second kappa shape index (κ2) is 3.55. The number of para-hydroxylation sites is 1. The minimum absolute atomic E-state index is 0.0274. The molecule has 1 heterocycles. The lowest BCUT2D eigenvalue weighted by molar-refractivity contribution is -0.139. The number of benzene rings is 1. The molecule has 2 atom stereocenters. The number of hydrogen-bond acceptors (Lipinski definition) is 2. The van der Waals surface area contributed by atoms with Crippen molar-refractivity contribution in [2.45, 2.75) is 19.8 Å². The molecule has 1 aromatic carbocycles. The third-order valence-electron chi connectivity index (χ3n) is 4.03. The summed E-state index contributed by atoms with van der Waals surface area (Å²) < 4.78 is 0. The van der Waals surface area contributed by atoms with E-state index in [0.717, 1.165) is 16.6 Å². The molecule has 1 N–H and O–H groups in total. The molecule has 1 aliphatic rings. The lowest BCUT2D eigenvalue weighted by atomic mass is 10.1. The molecule has 0 bridgehead atoms. The van der Waals surface area contributed by atoms with Crippen molar-refractivity contribution in [2.75, 3.05) is 0 Å². The van der Waals surface area contributed by atoms with E-state index in [9.17, 15) is 9.90 Å². The van der Waals surface area contributed by atoms with Gasteiger partial charge < -0.3 is 5.11 Å². The number of hydrogen-bond donors (Lipinski definition) is 1. The highest BCUT2D eigenvalue weighted by Gasteiger charge is 2.63. The number of fused-ring (bicyclic) bond motifs is 1. The Morgan fingerprint density at radius 2 is 1.94 bits per heavy atom. The van der Waals surface area contributed by atoms with E-state index in [1.54, 1.807) is 0 Å². The molecule has 3 rings (SSSR count). The summed E-state index contributed by atoms with van der Waals surface area (Å²) in [6, 6.07) is 11.9. The largest absolute Gasteiger partial charge is 0.481 e. The predicted molar refractivity (Wildman–Crippen MR) is 69.4 cm³/mol. The van der Waals surface area contributed by atoms with E-state index >= 15 is 0 Å². The van der Waals surface area contributed by atoms with Gasteiger partial charge in [0.2, 0.25) is 0 Å². The lowest BCUT2D eigenvalue weighted by Crippen LogP contribution is -2.03. The van der Waals surface area contributed by atoms with Crippen molar-refractivity contribution in [1.29, 1.82) is 0 Å². The Morgan fingerprint density at radius 1 is 1.22 bits per heavy atom. The molecule has 92 valence electrons. The summed E-state index contributed by atoms with van der Waals surface area (Å²) in [6.07, 6.45) is 0. The maximum Gasteiger partial charge on any atom is 0.307 e. The maximum atomic E-state index is 11.2. The van der Waals surface area contributed by atoms with Crippen LogP contribution in [0.1, 0.15) is 25.5 Å². The monoisotopic (exact) mass is 241 g/mol. The Labute approximate surface area is 105 Å². The molecule has 1 aromatic heterocycles. The fourth-order valence-corrected chi connectivity index (χ4v) is 2.91. The summed E-state index contributed by atoms with van der Waals surface area (Å²) in [5.41, 5.74) is 1.63. The minimum Gasteiger partial charge on any atom is -0.481 e. The SMILES string of the molecule is CC1(C)[C@H](C(=O)O)[C@H]1c1ccc2ccccc2n1. The van der Waals surface area contributed by atoms with Gasteiger partial charge in [0.15, 0.2) is 0 Å². The number of aromatic nitrogens is 1. The van der Waals surface area contributed by atoms with Crippen molar-refractivity contribution in [3.05, 3.63) is 42.1 Å². The van der Waals surface area contributed by atoms with Crippen molar-refractivity contribution in [3.63, 3.8) is 0 Å². The first kappa shape index (κ1) is 11.2. The molecule has 3 nitrogen and oxygen atoms in total. The van der Waals surface area contributed by atoms with Gasteiger partial charge >= 0.3 is 5.97 Å². The molecule has 0 saturated heterocycles. The predicted octanol–water partition coefficient (Wildman–Crippen LogP) is 3.06. The highest BCUT2D eigenvalue weighted by Crippen LogP contribution is 2.64. The molecular formula is C15H15NO2. The molecule has 1 saturated carbocycles. The zero-order valence-corrected chi connectivity index (χ0v) is 10.4. The van der Waals surface area contributed by atoms with Gasteiger partial charge in [-0.25, -0.2) is 0 Å². The molecule has 18 heavy (non-hydrogen) atoms. The van der Waals surface area contributed by atoms with Gasteiger partial charge in [-0.15, -0.1) is 0 Å². The van der Waals surface area contributed by atoms with Crippen molar-refractivity contribution >= 4 is 16.9 Å². The number of nitrogens with zero attached hydrogens (tertiary/aromatic N) is 1. The van der Waals surface area contributed by atoms with Crippen LogP contribution in [0, 0.1) is 11.3 Å². The number of carboxylic acids is 1. The van der Waals surface area contributed by atoms with Gasteiger partial charge in [-0.1, -0.05) is 38.1 Å². The van der Waals surface area contributed by atoms with Gasteiger partial charge in [0.05, 0.1) is 11.4 Å². The Bertz CT molecular complexity index is 633. The quantitative estimate of drug-likeness (QED) is 0.879.